The minimum Gasteiger partial charge on any atom is -0.457 e. The molecular weight excluding hydrogens is 1040 g/mol. The predicted molar refractivity (Wildman–Crippen MR) is 351 cm³/mol. The monoisotopic (exact) mass is 1110 g/mol. The largest absolute Gasteiger partial charge is 0.457 e. The predicted octanol–water partition coefficient (Wildman–Crippen LogP) is 20.9. The van der Waals surface area contributed by atoms with Crippen molar-refractivity contribution in [2.75, 3.05) is 16.5 Å². The molecule has 0 unspecified atom stereocenters. The number of hydrogen-bond donors (Lipinski definition) is 0. The molecule has 6 heteroatoms. The highest BCUT2D eigenvalue weighted by atomic mass is 16.5. The lowest BCUT2D eigenvalue weighted by Gasteiger charge is -2.39. The van der Waals surface area contributed by atoms with Gasteiger partial charge in [0.05, 0.1) is 39.0 Å². The highest BCUT2D eigenvalue weighted by molar-refractivity contribution is 6.10. The Labute approximate surface area is 504 Å². The van der Waals surface area contributed by atoms with Gasteiger partial charge in [0.15, 0.2) is 0 Å². The fraction of sp³-hybridized carbons (Fsp3) is 0.177. The second kappa shape index (κ2) is 19.2. The van der Waals surface area contributed by atoms with Gasteiger partial charge in [-0.25, -0.2) is 4.98 Å². The van der Waals surface area contributed by atoms with E-state index in [0.29, 0.717) is 45.8 Å². The Hall–Kier alpha value is -9.65. The van der Waals surface area contributed by atoms with Crippen LogP contribution in [-0.2, 0) is 21.7 Å². The quantitative estimate of drug-likeness (QED) is 0.159. The summed E-state index contributed by atoms with van der Waals surface area (Å²) in [5, 5.41) is 1.10. The summed E-state index contributed by atoms with van der Waals surface area (Å²) in [7, 11) is 0. The van der Waals surface area contributed by atoms with Crippen molar-refractivity contribution in [3.63, 3.8) is 0 Å². The molecule has 0 radical (unpaired) electrons. The Kier molecular flexibility index (Phi) is 10.8. The van der Waals surface area contributed by atoms with E-state index in [1.54, 1.807) is 0 Å². The zero-order valence-corrected chi connectivity index (χ0v) is 49.5. The molecular formula is C79H68N4O2. The minimum absolute atomic E-state index is 0.0982. The molecule has 15 rings (SSSR count). The molecule has 0 saturated heterocycles. The minimum atomic E-state index is -0.646. The number of fused-ring (bicyclic) bond motifs is 13. The molecule has 0 atom stereocenters. The number of pyridine rings is 1. The Morgan fingerprint density at radius 2 is 1.06 bits per heavy atom. The Morgan fingerprint density at radius 3 is 1.76 bits per heavy atom. The van der Waals surface area contributed by atoms with Crippen LogP contribution in [0.3, 0.4) is 0 Å². The fourth-order valence-electron chi connectivity index (χ4n) is 13.5. The number of hydrogen-bond acceptors (Lipinski definition) is 5. The number of aromatic nitrogens is 2. The molecule has 0 bridgehead atoms. The van der Waals surface area contributed by atoms with Crippen LogP contribution in [0.25, 0.3) is 61.0 Å². The summed E-state index contributed by atoms with van der Waals surface area (Å²) in [6, 6.07) is 73.0. The van der Waals surface area contributed by atoms with Gasteiger partial charge < -0.3 is 19.3 Å². The van der Waals surface area contributed by atoms with Gasteiger partial charge in [-0.05, 0) is 127 Å². The molecule has 10 aromatic carbocycles. The fourth-order valence-corrected chi connectivity index (χ4v) is 13.5. The molecule has 0 saturated carbocycles. The molecule has 416 valence electrons. The van der Waals surface area contributed by atoms with Crippen LogP contribution >= 0.6 is 0 Å². The molecule has 0 N–H and O–H groups in total. The van der Waals surface area contributed by atoms with E-state index in [-0.39, 0.29) is 40.4 Å². The number of benzene rings is 10. The van der Waals surface area contributed by atoms with Crippen molar-refractivity contribution in [3.8, 4) is 62.2 Å². The molecule has 6 nitrogen and oxygen atoms in total. The van der Waals surface area contributed by atoms with Crippen LogP contribution in [0.1, 0.15) is 107 Å². The molecule has 3 aliphatic rings. The zero-order chi connectivity index (χ0) is 61.6. The summed E-state index contributed by atoms with van der Waals surface area (Å²) in [5.74, 6) is 3.43. The van der Waals surface area contributed by atoms with Gasteiger partial charge in [-0.2, -0.15) is 0 Å². The molecule has 2 aromatic heterocycles. The molecule has 0 amide bonds. The average Bonchev–Trinajstić information content (AvgIpc) is 1.55. The normalized spacial score (nSPS) is 14.7. The lowest BCUT2D eigenvalue weighted by atomic mass is 9.66. The van der Waals surface area contributed by atoms with Crippen molar-refractivity contribution in [1.82, 2.24) is 9.55 Å². The van der Waals surface area contributed by atoms with E-state index in [9.17, 15) is 1.37 Å². The van der Waals surface area contributed by atoms with E-state index >= 15 is 0 Å². The van der Waals surface area contributed by atoms with Gasteiger partial charge in [0.1, 0.15) is 35.5 Å². The lowest BCUT2D eigenvalue weighted by molar-refractivity contribution is 0.436. The number of ether oxygens (including phenoxy) is 2. The Morgan fingerprint density at radius 1 is 0.471 bits per heavy atom. The zero-order valence-electron chi connectivity index (χ0n) is 53.5. The van der Waals surface area contributed by atoms with Crippen LogP contribution in [0, 0.1) is 0 Å². The third-order valence-corrected chi connectivity index (χ3v) is 17.8. The van der Waals surface area contributed by atoms with Crippen LogP contribution < -0.4 is 19.3 Å². The van der Waals surface area contributed by atoms with Gasteiger partial charge in [0.2, 0.25) is 0 Å². The molecule has 12 aromatic rings. The first-order chi connectivity index (χ1) is 42.7. The van der Waals surface area contributed by atoms with Crippen LogP contribution in [0.2, 0.25) is 0 Å². The topological polar surface area (TPSA) is 42.8 Å². The van der Waals surface area contributed by atoms with Crippen LogP contribution in [0.4, 0.5) is 22.7 Å². The second-order valence-corrected chi connectivity index (χ2v) is 26.1. The Balaban J connectivity index is 0.893. The standard InChI is InChI=1S/C79H68N4O2/c1-76(2,3)51-39-42-73(80-48-51)83-67-34-15-11-25-58(67)59-41-40-56(47-70(59)83)84-55-24-20-23-54(46-55)81-49-82(69-36-17-16-35-68(69)81)75-57(50-43-52(77(4,5)6)45-53(44-50)78(7,8)9)27-21-29-61(75)60-28-22-33-66-74(60)62-26-10-12-30-63(62)79(66)64-31-13-18-37-71(64)85-72-38-19-14-32-65(72)79/h10-48H,49H2,1-9H3/i11D,15D,25D,34D. The van der Waals surface area contributed by atoms with Crippen molar-refractivity contribution < 1.29 is 15.0 Å². The molecule has 0 fully saturated rings. The number of para-hydroxylation sites is 6. The maximum atomic E-state index is 9.18. The van der Waals surface area contributed by atoms with Crippen molar-refractivity contribution in [2.45, 2.75) is 84.0 Å². The van der Waals surface area contributed by atoms with Crippen LogP contribution in [0.5, 0.6) is 23.0 Å². The van der Waals surface area contributed by atoms with Gasteiger partial charge in [-0.15, -0.1) is 0 Å². The van der Waals surface area contributed by atoms with Crippen LogP contribution in [0.15, 0.2) is 237 Å². The third-order valence-electron chi connectivity index (χ3n) is 17.8. The van der Waals surface area contributed by atoms with Crippen molar-refractivity contribution in [3.05, 3.63) is 276 Å². The van der Waals surface area contributed by atoms with Crippen molar-refractivity contribution in [1.29, 1.82) is 0 Å². The van der Waals surface area contributed by atoms with Crippen molar-refractivity contribution >= 4 is 44.6 Å². The first kappa shape index (κ1) is 47.8. The van der Waals surface area contributed by atoms with Gasteiger partial charge in [0, 0.05) is 57.0 Å². The smallest absolute Gasteiger partial charge is 0.137 e. The maximum Gasteiger partial charge on any atom is 0.137 e. The summed E-state index contributed by atoms with van der Waals surface area (Å²) in [6.07, 6.45) is 1.85. The highest BCUT2D eigenvalue weighted by Gasteiger charge is 2.52. The third kappa shape index (κ3) is 8.31. The summed E-state index contributed by atoms with van der Waals surface area (Å²) in [5.41, 5.74) is 19.4. The van der Waals surface area contributed by atoms with Crippen LogP contribution in [-0.4, -0.2) is 16.2 Å². The summed E-state index contributed by atoms with van der Waals surface area (Å²) in [4.78, 5) is 9.80. The number of nitrogens with zero attached hydrogens (tertiary/aromatic N) is 4. The summed E-state index contributed by atoms with van der Waals surface area (Å²) < 4.78 is 51.2. The summed E-state index contributed by atoms with van der Waals surface area (Å²) >= 11 is 0. The van der Waals surface area contributed by atoms with Gasteiger partial charge in [0.25, 0.3) is 0 Å². The van der Waals surface area contributed by atoms with E-state index in [2.05, 4.69) is 236 Å². The van der Waals surface area contributed by atoms with Gasteiger partial charge in [-0.1, -0.05) is 220 Å². The van der Waals surface area contributed by atoms with Gasteiger partial charge >= 0.3 is 0 Å². The molecule has 1 spiro atoms. The molecule has 4 heterocycles. The van der Waals surface area contributed by atoms with E-state index < -0.39 is 5.41 Å². The van der Waals surface area contributed by atoms with E-state index in [1.165, 1.54) is 33.4 Å². The first-order valence-corrected chi connectivity index (χ1v) is 29.5. The lowest BCUT2D eigenvalue weighted by Crippen LogP contribution is -2.32. The van der Waals surface area contributed by atoms with Crippen molar-refractivity contribution in [2.24, 2.45) is 0 Å². The maximum absolute atomic E-state index is 9.18. The van der Waals surface area contributed by atoms with Gasteiger partial charge in [-0.3, -0.25) is 4.57 Å². The Bertz CT molecular complexity index is 4830. The highest BCUT2D eigenvalue weighted by Crippen LogP contribution is 2.64. The van der Waals surface area contributed by atoms with E-state index in [0.717, 1.165) is 73.2 Å². The average molecular weight is 1110 g/mol. The first-order valence-electron chi connectivity index (χ1n) is 31.5. The SMILES string of the molecule is [2H]c1c([2H])c([2H])c2c(c1[2H])c1ccc(Oc3cccc(N4CN(c5c(-c6cc(C(C)(C)C)cc(C(C)(C)C)c6)cccc5-c5cccc6c5-c5ccccc5C65c6ccccc6Oc6ccccc65)c5ccccc54)c3)cc1n2-c1ccc(C(C)(C)C)cn1. The molecule has 85 heavy (non-hydrogen) atoms. The number of rotatable bonds is 7. The second-order valence-electron chi connectivity index (χ2n) is 26.1. The number of anilines is 4. The molecule has 1 aliphatic carbocycles. The van der Waals surface area contributed by atoms with E-state index in [4.69, 9.17) is 18.6 Å². The summed E-state index contributed by atoms with van der Waals surface area (Å²) in [6.45, 7) is 20.7. The molecule has 2 aliphatic heterocycles. The van der Waals surface area contributed by atoms with E-state index in [1.807, 2.05) is 53.2 Å².